The Labute approximate surface area is 181 Å². The minimum atomic E-state index is -1.07. The van der Waals surface area contributed by atoms with Crippen molar-refractivity contribution in [3.8, 4) is 0 Å². The summed E-state index contributed by atoms with van der Waals surface area (Å²) in [5.41, 5.74) is 0.803. The van der Waals surface area contributed by atoms with Crippen molar-refractivity contribution in [2.45, 2.75) is 58.0 Å². The van der Waals surface area contributed by atoms with Crippen molar-refractivity contribution in [2.24, 2.45) is 39.7 Å². The van der Waals surface area contributed by atoms with Gasteiger partial charge in [0.1, 0.15) is 12.9 Å². The first-order valence-electron chi connectivity index (χ1n) is 11.2. The molecule has 0 aromatic rings. The summed E-state index contributed by atoms with van der Waals surface area (Å²) in [6.07, 6.45) is 6.86. The van der Waals surface area contributed by atoms with Crippen LogP contribution in [-0.4, -0.2) is 58.4 Å². The van der Waals surface area contributed by atoms with Gasteiger partial charge in [-0.1, -0.05) is 17.7 Å². The molecule has 0 saturated heterocycles. The summed E-state index contributed by atoms with van der Waals surface area (Å²) in [4.78, 5) is 40.3. The number of ketones is 1. The highest BCUT2D eigenvalue weighted by Crippen LogP contribution is 2.66. The predicted molar refractivity (Wildman–Crippen MR) is 110 cm³/mol. The van der Waals surface area contributed by atoms with E-state index >= 15 is 0 Å². The molecule has 4 aliphatic rings. The van der Waals surface area contributed by atoms with E-state index in [4.69, 9.17) is 9.94 Å². The quantitative estimate of drug-likeness (QED) is 0.429. The first-order valence-corrected chi connectivity index (χ1v) is 11.2. The lowest BCUT2D eigenvalue weighted by molar-refractivity contribution is -0.156. The summed E-state index contributed by atoms with van der Waals surface area (Å²) >= 11 is 0. The molecule has 0 amide bonds. The van der Waals surface area contributed by atoms with Crippen molar-refractivity contribution in [1.29, 1.82) is 0 Å². The lowest BCUT2D eigenvalue weighted by Crippen LogP contribution is -2.58. The molecule has 0 aliphatic heterocycles. The Bertz CT molecular complexity index is 836. The smallest absolute Gasteiger partial charge is 0.344 e. The fourth-order valence-electron chi connectivity index (χ4n) is 7.43. The fraction of sp³-hybridized carbons (Fsp3) is 0.739. The maximum Gasteiger partial charge on any atom is 0.344 e. The Hall–Kier alpha value is -2.06. The van der Waals surface area contributed by atoms with E-state index < -0.39 is 36.6 Å². The standard InChI is InChI=1S/C23H31NO7/c1-22-7-6-14(24-31-11-20(29)30)8-13(22)2-3-15-16-4-5-17(19(28)10-25)23(16,12-26)9-18(27)21(15)22/h8,12,15-18,21,25,27H,2-7,9-11H2,1H3,(H,29,30)/t15-,16-,17+,18-,21+,22-,23+/m0/s1. The van der Waals surface area contributed by atoms with Crippen LogP contribution in [0.5, 0.6) is 0 Å². The van der Waals surface area contributed by atoms with E-state index in [9.17, 15) is 24.6 Å². The SMILES string of the molecule is C[C@]12CCC(=NOCC(=O)O)C=C1CC[C@@H]1[C@@H]2[C@@H](O)C[C@]2(C=O)[C@@H](C(=O)CO)CC[C@@H]12. The highest BCUT2D eigenvalue weighted by Gasteiger charge is 2.64. The van der Waals surface area contributed by atoms with Crippen molar-refractivity contribution in [1.82, 2.24) is 0 Å². The molecule has 8 nitrogen and oxygen atoms in total. The molecule has 0 spiro atoms. The molecule has 170 valence electrons. The predicted octanol–water partition coefficient (Wildman–Crippen LogP) is 1.73. The van der Waals surface area contributed by atoms with Crippen LogP contribution in [-0.2, 0) is 19.2 Å². The first kappa shape index (κ1) is 22.1. The molecule has 0 unspecified atom stereocenters. The molecule has 4 rings (SSSR count). The van der Waals surface area contributed by atoms with Gasteiger partial charge in [-0.05, 0) is 74.2 Å². The average molecular weight is 434 g/mol. The van der Waals surface area contributed by atoms with Crippen molar-refractivity contribution in [3.05, 3.63) is 11.6 Å². The number of fused-ring (bicyclic) bond motifs is 5. The molecule has 0 bridgehead atoms. The van der Waals surface area contributed by atoms with E-state index in [1.165, 1.54) is 5.57 Å². The van der Waals surface area contributed by atoms with Crippen LogP contribution in [0.1, 0.15) is 51.9 Å². The molecule has 31 heavy (non-hydrogen) atoms. The maximum absolute atomic E-state index is 12.4. The summed E-state index contributed by atoms with van der Waals surface area (Å²) in [5.74, 6) is -1.67. The van der Waals surface area contributed by atoms with Crippen LogP contribution >= 0.6 is 0 Å². The Morgan fingerprint density at radius 3 is 2.74 bits per heavy atom. The third-order valence-electron chi connectivity index (χ3n) is 8.65. The maximum atomic E-state index is 12.4. The summed E-state index contributed by atoms with van der Waals surface area (Å²) in [7, 11) is 0. The number of carboxylic acid groups (broad SMARTS) is 1. The number of carboxylic acids is 1. The van der Waals surface area contributed by atoms with Gasteiger partial charge in [-0.2, -0.15) is 0 Å². The average Bonchev–Trinajstić information content (AvgIpc) is 3.12. The van der Waals surface area contributed by atoms with E-state index in [0.29, 0.717) is 18.6 Å². The molecule has 0 heterocycles. The minimum absolute atomic E-state index is 0.00459. The van der Waals surface area contributed by atoms with Crippen LogP contribution in [0.4, 0.5) is 0 Å². The Morgan fingerprint density at radius 2 is 2.06 bits per heavy atom. The van der Waals surface area contributed by atoms with Crippen molar-refractivity contribution < 1.29 is 34.5 Å². The van der Waals surface area contributed by atoms with E-state index in [-0.39, 0.29) is 35.4 Å². The van der Waals surface area contributed by atoms with Gasteiger partial charge in [-0.15, -0.1) is 0 Å². The Kier molecular flexibility index (Phi) is 5.81. The van der Waals surface area contributed by atoms with Gasteiger partial charge in [0.2, 0.25) is 6.61 Å². The van der Waals surface area contributed by atoms with Crippen LogP contribution in [0.3, 0.4) is 0 Å². The van der Waals surface area contributed by atoms with Crippen molar-refractivity contribution in [2.75, 3.05) is 13.2 Å². The molecule has 3 N–H and O–H groups in total. The second-order valence-corrected chi connectivity index (χ2v) is 9.93. The number of carbonyl (C=O) groups is 3. The molecule has 7 atom stereocenters. The normalized spacial score (nSPS) is 42.7. The largest absolute Gasteiger partial charge is 0.479 e. The van der Waals surface area contributed by atoms with Gasteiger partial charge in [-0.25, -0.2) is 4.79 Å². The lowest BCUT2D eigenvalue weighted by atomic mass is 9.45. The van der Waals surface area contributed by atoms with Crippen molar-refractivity contribution in [3.63, 3.8) is 0 Å². The zero-order chi connectivity index (χ0) is 22.4. The number of aliphatic hydroxyl groups excluding tert-OH is 2. The zero-order valence-electron chi connectivity index (χ0n) is 17.8. The summed E-state index contributed by atoms with van der Waals surface area (Å²) in [6.45, 7) is 1.14. The third kappa shape index (κ3) is 3.44. The number of allylic oxidation sites excluding steroid dienone is 2. The number of nitrogens with zero attached hydrogens (tertiary/aromatic N) is 1. The highest BCUT2D eigenvalue weighted by molar-refractivity contribution is 5.96. The first-order chi connectivity index (χ1) is 14.8. The van der Waals surface area contributed by atoms with Crippen LogP contribution in [0.15, 0.2) is 16.8 Å². The van der Waals surface area contributed by atoms with Gasteiger partial charge in [0.05, 0.1) is 11.8 Å². The zero-order valence-corrected chi connectivity index (χ0v) is 17.8. The van der Waals surface area contributed by atoms with Crippen LogP contribution in [0.2, 0.25) is 0 Å². The van der Waals surface area contributed by atoms with Gasteiger partial charge in [-0.3, -0.25) is 4.79 Å². The van der Waals surface area contributed by atoms with Gasteiger partial charge in [0, 0.05) is 11.3 Å². The number of oxime groups is 1. The van der Waals surface area contributed by atoms with E-state index in [1.54, 1.807) is 0 Å². The fourth-order valence-corrected chi connectivity index (χ4v) is 7.43. The Balaban J connectivity index is 1.62. The molecule has 4 aliphatic carbocycles. The number of aldehydes is 1. The number of hydrogen-bond acceptors (Lipinski definition) is 7. The summed E-state index contributed by atoms with van der Waals surface area (Å²) < 4.78 is 0. The molecule has 3 saturated carbocycles. The Morgan fingerprint density at radius 1 is 1.29 bits per heavy atom. The topological polar surface area (TPSA) is 133 Å². The monoisotopic (exact) mass is 433 g/mol. The van der Waals surface area contributed by atoms with Gasteiger partial charge in [0.25, 0.3) is 0 Å². The summed E-state index contributed by atoms with van der Waals surface area (Å²) in [5, 5.41) is 33.4. The van der Waals surface area contributed by atoms with Gasteiger partial charge < -0.3 is 25.0 Å². The van der Waals surface area contributed by atoms with Crippen molar-refractivity contribution >= 4 is 23.8 Å². The lowest BCUT2D eigenvalue weighted by Gasteiger charge is -2.59. The molecule has 0 aromatic heterocycles. The second kappa shape index (κ2) is 8.13. The molecule has 8 heteroatoms. The van der Waals surface area contributed by atoms with Crippen LogP contribution in [0, 0.1) is 34.5 Å². The number of aliphatic carboxylic acids is 1. The molecular formula is C23H31NO7. The number of carbonyl (C=O) groups excluding carboxylic acids is 2. The number of aliphatic hydroxyl groups is 2. The minimum Gasteiger partial charge on any atom is -0.479 e. The molecule has 3 fully saturated rings. The summed E-state index contributed by atoms with van der Waals surface area (Å²) in [6, 6.07) is 0. The van der Waals surface area contributed by atoms with Gasteiger partial charge >= 0.3 is 5.97 Å². The van der Waals surface area contributed by atoms with E-state index in [1.807, 2.05) is 6.08 Å². The van der Waals surface area contributed by atoms with E-state index in [2.05, 4.69) is 12.1 Å². The van der Waals surface area contributed by atoms with Crippen LogP contribution in [0.25, 0.3) is 0 Å². The third-order valence-corrected chi connectivity index (χ3v) is 8.65. The number of Topliss-reactive ketones (excluding diaryl/α,β-unsaturated/α-hetero) is 1. The molecule has 0 aromatic carbocycles. The van der Waals surface area contributed by atoms with Crippen LogP contribution < -0.4 is 0 Å². The number of hydrogen-bond donors (Lipinski definition) is 3. The second-order valence-electron chi connectivity index (χ2n) is 9.93. The highest BCUT2D eigenvalue weighted by atomic mass is 16.6. The van der Waals surface area contributed by atoms with Gasteiger partial charge in [0.15, 0.2) is 5.78 Å². The number of rotatable bonds is 6. The molecule has 0 radical (unpaired) electrons. The molecular weight excluding hydrogens is 402 g/mol. The van der Waals surface area contributed by atoms with E-state index in [0.717, 1.165) is 32.0 Å².